The molecule has 3 N–H and O–H groups in total. The molecule has 0 bridgehead atoms. The third-order valence-corrected chi connectivity index (χ3v) is 3.98. The highest BCUT2D eigenvalue weighted by Gasteiger charge is 2.23. The van der Waals surface area contributed by atoms with E-state index in [1.165, 1.54) is 6.07 Å². The minimum atomic E-state index is -0.865. The van der Waals surface area contributed by atoms with Gasteiger partial charge in [0.05, 0.1) is 12.6 Å². The highest BCUT2D eigenvalue weighted by molar-refractivity contribution is 5.93. The van der Waals surface area contributed by atoms with E-state index in [1.54, 1.807) is 23.1 Å². The number of amides is 1. The Morgan fingerprint density at radius 3 is 2.70 bits per heavy atom. The lowest BCUT2D eigenvalue weighted by atomic mass is 10.1. The van der Waals surface area contributed by atoms with E-state index < -0.39 is 6.10 Å². The average Bonchev–Trinajstić information content (AvgIpc) is 2.92. The van der Waals surface area contributed by atoms with Gasteiger partial charge in [0.15, 0.2) is 5.69 Å². The number of likely N-dealkylation sites (N-methyl/N-ethyl adjacent to an activating group) is 1. The second-order valence-corrected chi connectivity index (χ2v) is 5.48. The van der Waals surface area contributed by atoms with Crippen LogP contribution in [0, 0.1) is 6.92 Å². The van der Waals surface area contributed by atoms with Gasteiger partial charge in [0.1, 0.15) is 5.75 Å². The van der Waals surface area contributed by atoms with E-state index in [2.05, 4.69) is 10.2 Å². The molecular weight excluding hydrogens is 294 g/mol. The van der Waals surface area contributed by atoms with Gasteiger partial charge in [-0.1, -0.05) is 19.1 Å². The average molecular weight is 317 g/mol. The number of aryl methyl sites for hydroxylation is 1. The Balaban J connectivity index is 2.15. The molecule has 1 atom stereocenters. The summed E-state index contributed by atoms with van der Waals surface area (Å²) in [6, 6.07) is 6.42. The summed E-state index contributed by atoms with van der Waals surface area (Å²) in [5.41, 5.74) is 2.76. The number of phenols is 1. The molecule has 0 spiro atoms. The van der Waals surface area contributed by atoms with Crippen molar-refractivity contribution in [2.24, 2.45) is 0 Å². The van der Waals surface area contributed by atoms with Gasteiger partial charge in [-0.05, 0) is 38.0 Å². The zero-order chi connectivity index (χ0) is 17.0. The van der Waals surface area contributed by atoms with Gasteiger partial charge in [0.2, 0.25) is 0 Å². The molecular formula is C17H23N3O3. The summed E-state index contributed by atoms with van der Waals surface area (Å²) in [6.45, 7) is 6.33. The van der Waals surface area contributed by atoms with Crippen molar-refractivity contribution in [2.45, 2.75) is 33.3 Å². The molecule has 0 fully saturated rings. The second-order valence-electron chi connectivity index (χ2n) is 5.48. The quantitative estimate of drug-likeness (QED) is 0.762. The number of hydrogen-bond acceptors (Lipinski definition) is 4. The van der Waals surface area contributed by atoms with Crippen LogP contribution in [0.15, 0.2) is 24.3 Å². The van der Waals surface area contributed by atoms with E-state index >= 15 is 0 Å². The Labute approximate surface area is 135 Å². The van der Waals surface area contributed by atoms with Gasteiger partial charge in [-0.25, -0.2) is 0 Å². The van der Waals surface area contributed by atoms with Crippen molar-refractivity contribution >= 4 is 5.91 Å². The molecule has 0 aliphatic heterocycles. The van der Waals surface area contributed by atoms with Gasteiger partial charge >= 0.3 is 0 Å². The predicted molar refractivity (Wildman–Crippen MR) is 87.3 cm³/mol. The lowest BCUT2D eigenvalue weighted by Crippen LogP contribution is -2.35. The largest absolute Gasteiger partial charge is 0.508 e. The zero-order valence-corrected chi connectivity index (χ0v) is 13.7. The van der Waals surface area contributed by atoms with Crippen LogP contribution in [0.4, 0.5) is 0 Å². The van der Waals surface area contributed by atoms with Crippen LogP contribution in [0.2, 0.25) is 0 Å². The molecule has 124 valence electrons. The fourth-order valence-electron chi connectivity index (χ4n) is 2.54. The van der Waals surface area contributed by atoms with Gasteiger partial charge in [0, 0.05) is 17.8 Å². The molecule has 2 rings (SSSR count). The van der Waals surface area contributed by atoms with Gasteiger partial charge in [-0.15, -0.1) is 0 Å². The van der Waals surface area contributed by atoms with E-state index in [4.69, 9.17) is 0 Å². The molecule has 0 saturated carbocycles. The number of benzene rings is 1. The number of H-pyrrole nitrogens is 1. The smallest absolute Gasteiger partial charge is 0.274 e. The summed E-state index contributed by atoms with van der Waals surface area (Å²) in [5.74, 6) is -0.119. The number of aromatic nitrogens is 2. The molecule has 0 aliphatic rings. The van der Waals surface area contributed by atoms with Crippen molar-refractivity contribution in [3.8, 4) is 5.75 Å². The van der Waals surface area contributed by atoms with Crippen LogP contribution in [-0.2, 0) is 6.42 Å². The van der Waals surface area contributed by atoms with Crippen LogP contribution < -0.4 is 0 Å². The maximum absolute atomic E-state index is 12.6. The maximum atomic E-state index is 12.6. The summed E-state index contributed by atoms with van der Waals surface area (Å²) in [4.78, 5) is 14.2. The van der Waals surface area contributed by atoms with Crippen LogP contribution in [0.3, 0.4) is 0 Å². The molecule has 0 aliphatic carbocycles. The Bertz CT molecular complexity index is 681. The lowest BCUT2D eigenvalue weighted by molar-refractivity contribution is 0.0628. The molecule has 1 amide bonds. The number of nitrogens with one attached hydrogen (secondary N) is 1. The number of phenolic OH excluding ortho intramolecular Hbond substituents is 1. The second kappa shape index (κ2) is 7.28. The third-order valence-electron chi connectivity index (χ3n) is 3.98. The standard InChI is InChI=1S/C17H23N3O3/c1-4-14-11(3)16(19-18-14)17(23)20(5-2)10-15(22)12-7-6-8-13(21)9-12/h6-9,15,21-22H,4-5,10H2,1-3H3,(H,18,19)/t15-/m0/s1. The van der Waals surface area contributed by atoms with Gasteiger partial charge in [0.25, 0.3) is 5.91 Å². The molecule has 0 radical (unpaired) electrons. The van der Waals surface area contributed by atoms with Gasteiger partial charge < -0.3 is 15.1 Å². The number of rotatable bonds is 6. The van der Waals surface area contributed by atoms with Crippen LogP contribution in [-0.4, -0.2) is 44.3 Å². The van der Waals surface area contributed by atoms with Crippen molar-refractivity contribution in [1.29, 1.82) is 0 Å². The van der Waals surface area contributed by atoms with Crippen LogP contribution in [0.25, 0.3) is 0 Å². The minimum absolute atomic E-state index is 0.0895. The minimum Gasteiger partial charge on any atom is -0.508 e. The van der Waals surface area contributed by atoms with Crippen molar-refractivity contribution in [1.82, 2.24) is 15.1 Å². The molecule has 6 nitrogen and oxygen atoms in total. The van der Waals surface area contributed by atoms with Crippen LogP contribution >= 0.6 is 0 Å². The molecule has 2 aromatic rings. The number of aliphatic hydroxyl groups excluding tert-OH is 1. The van der Waals surface area contributed by atoms with Crippen LogP contribution in [0.5, 0.6) is 5.75 Å². The van der Waals surface area contributed by atoms with Crippen LogP contribution in [0.1, 0.15) is 47.3 Å². The topological polar surface area (TPSA) is 89.5 Å². The van der Waals surface area contributed by atoms with E-state index in [0.717, 1.165) is 17.7 Å². The monoisotopic (exact) mass is 317 g/mol. The van der Waals surface area contributed by atoms with Crippen molar-refractivity contribution in [2.75, 3.05) is 13.1 Å². The van der Waals surface area contributed by atoms with E-state index in [1.807, 2.05) is 20.8 Å². The number of aromatic hydroxyl groups is 1. The summed E-state index contributed by atoms with van der Waals surface area (Å²) in [5, 5.41) is 26.8. The highest BCUT2D eigenvalue weighted by atomic mass is 16.3. The number of carbonyl (C=O) groups is 1. The molecule has 23 heavy (non-hydrogen) atoms. The normalized spacial score (nSPS) is 12.2. The van der Waals surface area contributed by atoms with E-state index in [0.29, 0.717) is 17.8 Å². The Hall–Kier alpha value is -2.34. The molecule has 6 heteroatoms. The summed E-state index contributed by atoms with van der Waals surface area (Å²) in [7, 11) is 0. The maximum Gasteiger partial charge on any atom is 0.274 e. The number of nitrogens with zero attached hydrogens (tertiary/aromatic N) is 2. The third kappa shape index (κ3) is 3.71. The number of aliphatic hydroxyl groups is 1. The first-order chi connectivity index (χ1) is 11.0. The van der Waals surface area contributed by atoms with Gasteiger partial charge in [-0.3, -0.25) is 9.89 Å². The molecule has 0 unspecified atom stereocenters. The zero-order valence-electron chi connectivity index (χ0n) is 13.7. The predicted octanol–water partition coefficient (Wildman–Crippen LogP) is 2.18. The highest BCUT2D eigenvalue weighted by Crippen LogP contribution is 2.20. The van der Waals surface area contributed by atoms with Crippen molar-refractivity contribution in [3.05, 3.63) is 46.8 Å². The van der Waals surface area contributed by atoms with Crippen molar-refractivity contribution < 1.29 is 15.0 Å². The fraction of sp³-hybridized carbons (Fsp3) is 0.412. The lowest BCUT2D eigenvalue weighted by Gasteiger charge is -2.23. The number of aromatic amines is 1. The Morgan fingerprint density at radius 1 is 1.39 bits per heavy atom. The first-order valence-electron chi connectivity index (χ1n) is 7.78. The van der Waals surface area contributed by atoms with E-state index in [-0.39, 0.29) is 18.2 Å². The van der Waals surface area contributed by atoms with Gasteiger partial charge in [-0.2, -0.15) is 5.10 Å². The van der Waals surface area contributed by atoms with Crippen molar-refractivity contribution in [3.63, 3.8) is 0 Å². The molecule has 1 aromatic carbocycles. The Kier molecular flexibility index (Phi) is 5.39. The van der Waals surface area contributed by atoms with E-state index in [9.17, 15) is 15.0 Å². The molecule has 1 aromatic heterocycles. The molecule has 0 saturated heterocycles. The summed E-state index contributed by atoms with van der Waals surface area (Å²) < 4.78 is 0. The Morgan fingerprint density at radius 2 is 2.13 bits per heavy atom. The number of carbonyl (C=O) groups excluding carboxylic acids is 1. The SMILES string of the molecule is CCc1[nH]nc(C(=O)N(CC)C[C@H](O)c2cccc(O)c2)c1C. The summed E-state index contributed by atoms with van der Waals surface area (Å²) in [6.07, 6.45) is -0.0830. The first kappa shape index (κ1) is 17.0. The number of hydrogen-bond donors (Lipinski definition) is 3. The summed E-state index contributed by atoms with van der Waals surface area (Å²) >= 11 is 0. The fourth-order valence-corrected chi connectivity index (χ4v) is 2.54. The molecule has 1 heterocycles. The first-order valence-corrected chi connectivity index (χ1v) is 7.78.